The van der Waals surface area contributed by atoms with Gasteiger partial charge in [0.15, 0.2) is 0 Å². The highest BCUT2D eigenvalue weighted by atomic mass is 32.1. The molecule has 3 N–H and O–H groups in total. The number of phenolic OH excluding ortho intramolecular Hbond substituents is 2. The fourth-order valence-electron chi connectivity index (χ4n) is 1.59. The van der Waals surface area contributed by atoms with Crippen LogP contribution in [-0.4, -0.2) is 15.2 Å². The highest BCUT2D eigenvalue weighted by Crippen LogP contribution is 2.27. The molecule has 1 aromatic carbocycles. The van der Waals surface area contributed by atoms with Gasteiger partial charge in [-0.2, -0.15) is 0 Å². The molecule has 0 aliphatic rings. The van der Waals surface area contributed by atoms with Crippen molar-refractivity contribution < 1.29 is 10.2 Å². The average Bonchev–Trinajstić information content (AvgIpc) is 2.78. The molecule has 17 heavy (non-hydrogen) atoms. The average molecular weight is 250 g/mol. The lowest BCUT2D eigenvalue weighted by Gasteiger charge is -2.15. The van der Waals surface area contributed by atoms with E-state index in [0.29, 0.717) is 6.54 Å². The number of nitrogens with zero attached hydrogens (tertiary/aromatic N) is 1. The number of benzene rings is 1. The van der Waals surface area contributed by atoms with E-state index in [1.165, 1.54) is 6.07 Å². The van der Waals surface area contributed by atoms with E-state index in [-0.39, 0.29) is 17.5 Å². The summed E-state index contributed by atoms with van der Waals surface area (Å²) in [5, 5.41) is 22.2. The number of hydrogen-bond donors (Lipinski definition) is 3. The second-order valence-electron chi connectivity index (χ2n) is 3.81. The molecule has 90 valence electrons. The summed E-state index contributed by atoms with van der Waals surface area (Å²) in [6, 6.07) is 4.65. The van der Waals surface area contributed by atoms with E-state index in [1.807, 2.05) is 13.1 Å². The molecule has 0 amide bonds. The summed E-state index contributed by atoms with van der Waals surface area (Å²) in [5.74, 6) is 0.176. The molecule has 2 rings (SSSR count). The zero-order valence-electron chi connectivity index (χ0n) is 9.42. The van der Waals surface area contributed by atoms with Gasteiger partial charge < -0.3 is 15.5 Å². The minimum Gasteiger partial charge on any atom is -0.508 e. The number of aromatic nitrogens is 1. The van der Waals surface area contributed by atoms with E-state index in [9.17, 15) is 10.2 Å². The van der Waals surface area contributed by atoms with E-state index in [4.69, 9.17) is 0 Å². The van der Waals surface area contributed by atoms with Crippen LogP contribution in [0.4, 0.5) is 0 Å². The largest absolute Gasteiger partial charge is 0.508 e. The zero-order chi connectivity index (χ0) is 12.3. The van der Waals surface area contributed by atoms with Crippen LogP contribution in [0.1, 0.15) is 23.4 Å². The van der Waals surface area contributed by atoms with Gasteiger partial charge in [-0.05, 0) is 13.0 Å². The van der Waals surface area contributed by atoms with Gasteiger partial charge in [0.25, 0.3) is 0 Å². The number of aromatic hydroxyl groups is 2. The molecule has 0 saturated carbocycles. The van der Waals surface area contributed by atoms with Crippen molar-refractivity contribution in [1.29, 1.82) is 0 Å². The molecule has 1 aromatic heterocycles. The van der Waals surface area contributed by atoms with Gasteiger partial charge in [-0.1, -0.05) is 6.07 Å². The van der Waals surface area contributed by atoms with Crippen molar-refractivity contribution in [3.63, 3.8) is 0 Å². The van der Waals surface area contributed by atoms with E-state index in [2.05, 4.69) is 10.3 Å². The van der Waals surface area contributed by atoms with Crippen LogP contribution in [0.15, 0.2) is 29.9 Å². The van der Waals surface area contributed by atoms with Gasteiger partial charge in [-0.25, -0.2) is 0 Å². The number of rotatable bonds is 4. The fraction of sp³-hybridized carbons (Fsp3) is 0.250. The van der Waals surface area contributed by atoms with E-state index >= 15 is 0 Å². The maximum Gasteiger partial charge on any atom is 0.124 e. The maximum atomic E-state index is 9.71. The first-order chi connectivity index (χ1) is 8.16. The Morgan fingerprint density at radius 1 is 1.41 bits per heavy atom. The Morgan fingerprint density at radius 3 is 2.88 bits per heavy atom. The van der Waals surface area contributed by atoms with Gasteiger partial charge >= 0.3 is 0 Å². The maximum absolute atomic E-state index is 9.71. The van der Waals surface area contributed by atoms with Crippen molar-refractivity contribution in [2.45, 2.75) is 19.5 Å². The summed E-state index contributed by atoms with van der Waals surface area (Å²) < 4.78 is 0. The Labute approximate surface area is 104 Å². The highest BCUT2D eigenvalue weighted by molar-refractivity contribution is 7.09. The molecule has 2 aromatic rings. The monoisotopic (exact) mass is 250 g/mol. The molecule has 1 atom stereocenters. The SMILES string of the molecule is CC(NCc1cncs1)c1ccc(O)cc1O. The summed E-state index contributed by atoms with van der Waals surface area (Å²) in [6.07, 6.45) is 1.82. The lowest BCUT2D eigenvalue weighted by atomic mass is 10.1. The lowest BCUT2D eigenvalue weighted by molar-refractivity contribution is 0.436. The van der Waals surface area contributed by atoms with Crippen LogP contribution >= 0.6 is 11.3 Å². The molecule has 1 unspecified atom stereocenters. The molecule has 5 heteroatoms. The van der Waals surface area contributed by atoms with Gasteiger partial charge in [0.05, 0.1) is 5.51 Å². The molecule has 0 spiro atoms. The lowest BCUT2D eigenvalue weighted by Crippen LogP contribution is -2.17. The van der Waals surface area contributed by atoms with Crippen molar-refractivity contribution in [1.82, 2.24) is 10.3 Å². The highest BCUT2D eigenvalue weighted by Gasteiger charge is 2.10. The van der Waals surface area contributed by atoms with Crippen molar-refractivity contribution in [3.05, 3.63) is 40.3 Å². The van der Waals surface area contributed by atoms with Gasteiger partial charge in [0.2, 0.25) is 0 Å². The standard InChI is InChI=1S/C12H14N2O2S/c1-8(14-6-10-5-13-7-17-10)11-3-2-9(15)4-12(11)16/h2-5,7-8,14-16H,6H2,1H3. The first-order valence-electron chi connectivity index (χ1n) is 5.29. The van der Waals surface area contributed by atoms with Crippen LogP contribution in [0.5, 0.6) is 11.5 Å². The van der Waals surface area contributed by atoms with E-state index < -0.39 is 0 Å². The third-order valence-corrected chi connectivity index (χ3v) is 3.33. The fourth-order valence-corrected chi connectivity index (χ4v) is 2.14. The first-order valence-corrected chi connectivity index (χ1v) is 6.17. The van der Waals surface area contributed by atoms with Gasteiger partial charge in [-0.15, -0.1) is 11.3 Å². The molecular weight excluding hydrogens is 236 g/mol. The molecule has 0 fully saturated rings. The number of nitrogens with one attached hydrogen (secondary N) is 1. The Kier molecular flexibility index (Phi) is 3.61. The normalized spacial score (nSPS) is 12.5. The smallest absolute Gasteiger partial charge is 0.124 e. The predicted octanol–water partition coefficient (Wildman–Crippen LogP) is 2.41. The Morgan fingerprint density at radius 2 is 2.24 bits per heavy atom. The third kappa shape index (κ3) is 2.95. The molecule has 0 radical (unpaired) electrons. The van der Waals surface area contributed by atoms with E-state index in [0.717, 1.165) is 10.4 Å². The minimum absolute atomic E-state index is 0.0118. The molecule has 1 heterocycles. The van der Waals surface area contributed by atoms with Crippen LogP contribution in [0.2, 0.25) is 0 Å². The zero-order valence-corrected chi connectivity index (χ0v) is 10.2. The minimum atomic E-state index is 0.0118. The van der Waals surface area contributed by atoms with Crippen molar-refractivity contribution in [2.24, 2.45) is 0 Å². The molecule has 0 aliphatic carbocycles. The van der Waals surface area contributed by atoms with Gasteiger partial charge in [0.1, 0.15) is 11.5 Å². The number of hydrogen-bond acceptors (Lipinski definition) is 5. The second kappa shape index (κ2) is 5.16. The van der Waals surface area contributed by atoms with E-state index in [1.54, 1.807) is 29.0 Å². The van der Waals surface area contributed by atoms with Crippen LogP contribution in [0.3, 0.4) is 0 Å². The summed E-state index contributed by atoms with van der Waals surface area (Å²) in [4.78, 5) is 5.15. The third-order valence-electron chi connectivity index (χ3n) is 2.55. The van der Waals surface area contributed by atoms with Gasteiger partial charge in [0, 0.05) is 35.3 Å². The van der Waals surface area contributed by atoms with Crippen LogP contribution < -0.4 is 5.32 Å². The molecule has 4 nitrogen and oxygen atoms in total. The molecular formula is C12H14N2O2S. The predicted molar refractivity (Wildman–Crippen MR) is 67.1 cm³/mol. The van der Waals surface area contributed by atoms with Crippen molar-refractivity contribution in [2.75, 3.05) is 0 Å². The van der Waals surface area contributed by atoms with Crippen LogP contribution in [-0.2, 0) is 6.54 Å². The topological polar surface area (TPSA) is 65.4 Å². The summed E-state index contributed by atoms with van der Waals surface area (Å²) in [6.45, 7) is 2.68. The number of thiazole rings is 1. The Balaban J connectivity index is 2.01. The second-order valence-corrected chi connectivity index (χ2v) is 4.78. The van der Waals surface area contributed by atoms with Crippen molar-refractivity contribution in [3.8, 4) is 11.5 Å². The summed E-state index contributed by atoms with van der Waals surface area (Å²) >= 11 is 1.59. The Hall–Kier alpha value is -1.59. The molecule has 0 saturated heterocycles. The Bertz CT molecular complexity index is 485. The summed E-state index contributed by atoms with van der Waals surface area (Å²) in [5.41, 5.74) is 2.56. The number of phenols is 2. The van der Waals surface area contributed by atoms with Crippen molar-refractivity contribution >= 4 is 11.3 Å². The molecule has 0 aliphatic heterocycles. The van der Waals surface area contributed by atoms with Gasteiger partial charge in [-0.3, -0.25) is 4.98 Å². The van der Waals surface area contributed by atoms with Crippen LogP contribution in [0, 0.1) is 0 Å². The van der Waals surface area contributed by atoms with Crippen LogP contribution in [0.25, 0.3) is 0 Å². The quantitative estimate of drug-likeness (QED) is 0.779. The first kappa shape index (κ1) is 11.9. The molecule has 0 bridgehead atoms. The summed E-state index contributed by atoms with van der Waals surface area (Å²) in [7, 11) is 0.